The lowest BCUT2D eigenvalue weighted by Gasteiger charge is -2.10. The van der Waals surface area contributed by atoms with Gasteiger partial charge in [-0.05, 0) is 40.2 Å². The van der Waals surface area contributed by atoms with Gasteiger partial charge in [-0.1, -0.05) is 0 Å². The van der Waals surface area contributed by atoms with Crippen molar-refractivity contribution >= 4 is 39.0 Å². The molecule has 0 aliphatic rings. The van der Waals surface area contributed by atoms with Crippen LogP contribution in [0.4, 0.5) is 17.1 Å². The highest BCUT2D eigenvalue weighted by Gasteiger charge is 2.11. The first kappa shape index (κ1) is 15.0. The molecule has 3 N–H and O–H groups in total. The van der Waals surface area contributed by atoms with Crippen molar-refractivity contribution in [2.45, 2.75) is 6.54 Å². The largest absolute Gasteiger partial charge is 0.468 e. The monoisotopic (exact) mass is 352 g/mol. The second-order valence-electron chi connectivity index (χ2n) is 4.16. The fourth-order valence-corrected chi connectivity index (χ4v) is 1.98. The average molecular weight is 353 g/mol. The minimum atomic E-state index is -0.546. The third kappa shape index (κ3) is 3.60. The van der Waals surface area contributed by atoms with Crippen molar-refractivity contribution in [3.8, 4) is 0 Å². The maximum absolute atomic E-state index is 12.1. The zero-order valence-electron chi connectivity index (χ0n) is 11.2. The molecule has 2 aromatic rings. The van der Waals surface area contributed by atoms with E-state index in [4.69, 9.17) is 5.73 Å². The van der Waals surface area contributed by atoms with Crippen molar-refractivity contribution in [1.82, 2.24) is 9.78 Å². The summed E-state index contributed by atoms with van der Waals surface area (Å²) < 4.78 is 5.80. The molecule has 1 heterocycles. The third-order valence-electron chi connectivity index (χ3n) is 2.68. The number of carbonyl (C=O) groups excluding carboxylic acids is 1. The van der Waals surface area contributed by atoms with Crippen molar-refractivity contribution in [1.29, 1.82) is 0 Å². The molecule has 21 heavy (non-hydrogen) atoms. The number of methoxy groups -OCH3 is 1. The fourth-order valence-electron chi connectivity index (χ4n) is 1.57. The van der Waals surface area contributed by atoms with Gasteiger partial charge in [0.25, 0.3) is 5.56 Å². The lowest BCUT2D eigenvalue weighted by atomic mass is 10.3. The molecule has 0 fully saturated rings. The van der Waals surface area contributed by atoms with Crippen LogP contribution >= 0.6 is 15.9 Å². The van der Waals surface area contributed by atoms with E-state index in [1.807, 2.05) is 0 Å². The zero-order valence-corrected chi connectivity index (χ0v) is 12.8. The highest BCUT2D eigenvalue weighted by Crippen LogP contribution is 2.22. The van der Waals surface area contributed by atoms with Gasteiger partial charge in [-0.15, -0.1) is 0 Å². The average Bonchev–Trinajstić information content (AvgIpc) is 2.49. The van der Waals surface area contributed by atoms with Crippen LogP contribution in [0.3, 0.4) is 0 Å². The molecule has 0 aliphatic carbocycles. The Hall–Kier alpha value is -2.35. The van der Waals surface area contributed by atoms with Gasteiger partial charge < -0.3 is 15.8 Å². The number of rotatable bonds is 4. The molecule has 0 bridgehead atoms. The number of nitrogens with zero attached hydrogens (tertiary/aromatic N) is 2. The van der Waals surface area contributed by atoms with E-state index >= 15 is 0 Å². The van der Waals surface area contributed by atoms with Crippen molar-refractivity contribution < 1.29 is 9.53 Å². The van der Waals surface area contributed by atoms with E-state index in [1.54, 1.807) is 24.3 Å². The second kappa shape index (κ2) is 6.40. The molecule has 8 heteroatoms. The van der Waals surface area contributed by atoms with Crippen LogP contribution in [0.25, 0.3) is 0 Å². The first-order valence-corrected chi connectivity index (χ1v) is 6.75. The van der Waals surface area contributed by atoms with Crippen LogP contribution in [0.5, 0.6) is 0 Å². The van der Waals surface area contributed by atoms with E-state index in [9.17, 15) is 9.59 Å². The molecule has 1 aromatic carbocycles. The normalized spacial score (nSPS) is 10.2. The summed E-state index contributed by atoms with van der Waals surface area (Å²) in [5, 5.41) is 6.97. The van der Waals surface area contributed by atoms with E-state index in [0.29, 0.717) is 11.4 Å². The second-order valence-corrected chi connectivity index (χ2v) is 4.95. The summed E-state index contributed by atoms with van der Waals surface area (Å²) in [7, 11) is 1.25. The number of benzene rings is 1. The zero-order chi connectivity index (χ0) is 15.4. The van der Waals surface area contributed by atoms with Gasteiger partial charge in [0.2, 0.25) is 0 Å². The number of ether oxygens (including phenoxy) is 1. The smallest absolute Gasteiger partial charge is 0.327 e. The number of anilines is 3. The number of hydrogen-bond acceptors (Lipinski definition) is 6. The maximum Gasteiger partial charge on any atom is 0.327 e. The topological polar surface area (TPSA) is 99.2 Å². The van der Waals surface area contributed by atoms with Crippen LogP contribution in [0.2, 0.25) is 0 Å². The Morgan fingerprint density at radius 3 is 2.71 bits per heavy atom. The molecular weight excluding hydrogens is 340 g/mol. The van der Waals surface area contributed by atoms with Crippen LogP contribution in [0, 0.1) is 0 Å². The number of nitrogen functional groups attached to an aromatic ring is 1. The molecular formula is C13H13BrN4O3. The predicted molar refractivity (Wildman–Crippen MR) is 82.4 cm³/mol. The molecule has 0 unspecified atom stereocenters. The number of esters is 1. The quantitative estimate of drug-likeness (QED) is 0.639. The lowest BCUT2D eigenvalue weighted by molar-refractivity contribution is -0.141. The van der Waals surface area contributed by atoms with Crippen molar-refractivity contribution in [3.63, 3.8) is 0 Å². The first-order valence-electron chi connectivity index (χ1n) is 5.96. The number of aromatic nitrogens is 2. The van der Waals surface area contributed by atoms with E-state index in [1.165, 1.54) is 13.3 Å². The first-order chi connectivity index (χ1) is 10.0. The van der Waals surface area contributed by atoms with E-state index in [0.717, 1.165) is 10.4 Å². The van der Waals surface area contributed by atoms with Crippen molar-refractivity contribution in [2.75, 3.05) is 18.2 Å². The predicted octanol–water partition coefficient (Wildman–Crippen LogP) is 1.50. The minimum Gasteiger partial charge on any atom is -0.468 e. The van der Waals surface area contributed by atoms with Gasteiger partial charge in [-0.2, -0.15) is 5.10 Å². The maximum atomic E-state index is 12.1. The Bertz CT molecular complexity index is 712. The SMILES string of the molecule is COC(=O)Cn1ncc(Nc2ccc(N)cc2)c(Br)c1=O. The minimum absolute atomic E-state index is 0.240. The molecule has 7 nitrogen and oxygen atoms in total. The highest BCUT2D eigenvalue weighted by atomic mass is 79.9. The highest BCUT2D eigenvalue weighted by molar-refractivity contribution is 9.10. The fraction of sp³-hybridized carbons (Fsp3) is 0.154. The van der Waals surface area contributed by atoms with Crippen LogP contribution in [-0.4, -0.2) is 22.9 Å². The van der Waals surface area contributed by atoms with E-state index in [2.05, 4.69) is 31.1 Å². The molecule has 1 aromatic heterocycles. The number of nitrogens with two attached hydrogens (primary N) is 1. The Balaban J connectivity index is 2.26. The molecule has 2 rings (SSSR count). The summed E-state index contributed by atoms with van der Waals surface area (Å²) in [5.74, 6) is -0.546. The van der Waals surface area contributed by atoms with Crippen LogP contribution < -0.4 is 16.6 Å². The summed E-state index contributed by atoms with van der Waals surface area (Å²) in [4.78, 5) is 23.3. The Morgan fingerprint density at radius 1 is 1.43 bits per heavy atom. The van der Waals surface area contributed by atoms with Crippen LogP contribution in [0.15, 0.2) is 39.7 Å². The summed E-state index contributed by atoms with van der Waals surface area (Å²) in [6.45, 7) is -0.240. The number of nitrogens with one attached hydrogen (secondary N) is 1. The number of halogens is 1. The molecule has 110 valence electrons. The van der Waals surface area contributed by atoms with Gasteiger partial charge in [-0.25, -0.2) is 4.68 Å². The molecule has 0 spiro atoms. The van der Waals surface area contributed by atoms with Gasteiger partial charge in [-0.3, -0.25) is 9.59 Å². The molecule has 0 amide bonds. The van der Waals surface area contributed by atoms with Crippen LogP contribution in [-0.2, 0) is 16.1 Å². The summed E-state index contributed by atoms with van der Waals surface area (Å²) in [6, 6.07) is 7.04. The summed E-state index contributed by atoms with van der Waals surface area (Å²) in [5.41, 5.74) is 7.07. The van der Waals surface area contributed by atoms with Gasteiger partial charge in [0.05, 0.1) is 19.0 Å². The van der Waals surface area contributed by atoms with Crippen molar-refractivity contribution in [3.05, 3.63) is 45.3 Å². The summed E-state index contributed by atoms with van der Waals surface area (Å²) >= 11 is 3.20. The third-order valence-corrected chi connectivity index (χ3v) is 3.45. The van der Waals surface area contributed by atoms with Gasteiger partial charge in [0.15, 0.2) is 0 Å². The molecule has 0 aliphatic heterocycles. The number of hydrogen-bond donors (Lipinski definition) is 2. The molecule has 0 saturated carbocycles. The van der Waals surface area contributed by atoms with Gasteiger partial charge in [0.1, 0.15) is 11.0 Å². The van der Waals surface area contributed by atoms with E-state index < -0.39 is 11.5 Å². The lowest BCUT2D eigenvalue weighted by Crippen LogP contribution is -2.28. The van der Waals surface area contributed by atoms with Gasteiger partial charge in [0, 0.05) is 11.4 Å². The summed E-state index contributed by atoms with van der Waals surface area (Å²) in [6.07, 6.45) is 1.45. The molecule has 0 saturated heterocycles. The molecule has 0 radical (unpaired) electrons. The standard InChI is InChI=1S/C13H13BrN4O3/c1-21-11(19)7-18-13(20)12(14)10(6-16-18)17-9-4-2-8(15)3-5-9/h2-6,17H,7,15H2,1H3. The molecule has 0 atom stereocenters. The van der Waals surface area contributed by atoms with Gasteiger partial charge >= 0.3 is 5.97 Å². The van der Waals surface area contributed by atoms with Crippen LogP contribution in [0.1, 0.15) is 0 Å². The Labute approximate surface area is 128 Å². The Morgan fingerprint density at radius 2 is 2.10 bits per heavy atom. The Kier molecular flexibility index (Phi) is 4.59. The number of carbonyl (C=O) groups is 1. The van der Waals surface area contributed by atoms with Crippen molar-refractivity contribution in [2.24, 2.45) is 0 Å². The van der Waals surface area contributed by atoms with E-state index in [-0.39, 0.29) is 11.0 Å².